The molecule has 3 saturated heterocycles. The van der Waals surface area contributed by atoms with E-state index in [1.54, 1.807) is 0 Å². The molecule has 206 valence electrons. The van der Waals surface area contributed by atoms with Crippen LogP contribution in [0.5, 0.6) is 0 Å². The molecule has 3 fully saturated rings. The zero-order chi connectivity index (χ0) is 26.2. The summed E-state index contributed by atoms with van der Waals surface area (Å²) in [7, 11) is 8.74. The smallest absolute Gasteiger partial charge is 0.197 e. The minimum absolute atomic E-state index is 0.142. The van der Waals surface area contributed by atoms with Crippen molar-refractivity contribution >= 4 is 15.6 Å². The van der Waals surface area contributed by atoms with Gasteiger partial charge in [0.1, 0.15) is 0 Å². The topological polar surface area (TPSA) is 31.8 Å². The van der Waals surface area contributed by atoms with Crippen LogP contribution >= 0.6 is 15.6 Å². The Bertz CT molecular complexity index is 671. The van der Waals surface area contributed by atoms with E-state index < -0.39 is 15.6 Å². The summed E-state index contributed by atoms with van der Waals surface area (Å²) in [5.74, 6) is -0.202. The van der Waals surface area contributed by atoms with Gasteiger partial charge in [-0.2, -0.15) is 0 Å². The Morgan fingerprint density at radius 2 is 0.857 bits per heavy atom. The highest BCUT2D eigenvalue weighted by atomic mass is 31.2. The molecule has 0 saturated carbocycles. The van der Waals surface area contributed by atoms with Gasteiger partial charge in [0.2, 0.25) is 0 Å². The Morgan fingerprint density at radius 3 is 1.09 bits per heavy atom. The summed E-state index contributed by atoms with van der Waals surface area (Å²) in [6, 6.07) is 0. The monoisotopic (exact) mass is 529 g/mol. The summed E-state index contributed by atoms with van der Waals surface area (Å²) in [4.78, 5) is 8.53. The summed E-state index contributed by atoms with van der Waals surface area (Å²) >= 11 is 0. The molecule has 0 aliphatic carbocycles. The highest BCUT2D eigenvalue weighted by Crippen LogP contribution is 2.71. The summed E-state index contributed by atoms with van der Waals surface area (Å²) < 4.78 is 13.9. The Hall–Kier alpha value is 0.420. The minimum atomic E-state index is -2.23. The van der Waals surface area contributed by atoms with Crippen molar-refractivity contribution in [2.75, 3.05) is 74.5 Å². The van der Waals surface area contributed by atoms with E-state index >= 15 is 0 Å². The quantitative estimate of drug-likeness (QED) is 0.365. The SMILES string of the molecule is CN(C)P(=NP(C(C)(C)C)C(C)(C)C)(N(C)C)N(C)C(N1CCCC1)(N1CCCC1)N1CCCC1. The molecule has 3 heterocycles. The first-order chi connectivity index (χ1) is 16.2. The van der Waals surface area contributed by atoms with Crippen LogP contribution in [-0.2, 0) is 0 Å². The van der Waals surface area contributed by atoms with Crippen molar-refractivity contribution in [3.63, 3.8) is 0 Å². The average molecular weight is 530 g/mol. The Kier molecular flexibility index (Phi) is 9.64. The molecule has 0 aromatic carbocycles. The van der Waals surface area contributed by atoms with Gasteiger partial charge in [0.15, 0.2) is 13.4 Å². The van der Waals surface area contributed by atoms with E-state index in [1.165, 1.54) is 77.8 Å². The Balaban J connectivity index is 2.33. The van der Waals surface area contributed by atoms with E-state index in [2.05, 4.69) is 105 Å². The maximum absolute atomic E-state index is 6.10. The first-order valence-corrected chi connectivity index (χ1v) is 16.9. The van der Waals surface area contributed by atoms with E-state index in [1.807, 2.05) is 0 Å². The molecule has 3 rings (SSSR count). The fourth-order valence-electron chi connectivity index (χ4n) is 6.95. The first-order valence-electron chi connectivity index (χ1n) is 14.0. The lowest BCUT2D eigenvalue weighted by Gasteiger charge is -2.62. The van der Waals surface area contributed by atoms with E-state index in [-0.39, 0.29) is 16.2 Å². The normalized spacial score (nSPS) is 22.6. The van der Waals surface area contributed by atoms with Gasteiger partial charge < -0.3 is 0 Å². The van der Waals surface area contributed by atoms with Crippen molar-refractivity contribution in [1.82, 2.24) is 28.7 Å². The summed E-state index contributed by atoms with van der Waals surface area (Å²) in [5.41, 5.74) is 0. The minimum Gasteiger partial charge on any atom is -0.259 e. The van der Waals surface area contributed by atoms with Gasteiger partial charge in [-0.05, 0) is 73.8 Å². The molecule has 0 amide bonds. The van der Waals surface area contributed by atoms with Crippen molar-refractivity contribution in [2.45, 2.75) is 96.3 Å². The van der Waals surface area contributed by atoms with Gasteiger partial charge in [-0.25, -0.2) is 9.19 Å². The molecule has 0 aromatic rings. The lowest BCUT2D eigenvalue weighted by molar-refractivity contribution is -0.211. The van der Waals surface area contributed by atoms with E-state index in [0.717, 1.165) is 0 Å². The Morgan fingerprint density at radius 1 is 0.571 bits per heavy atom. The molecule has 3 aliphatic rings. The molecular formula is C26H57N7P2. The number of likely N-dealkylation sites (tertiary alicyclic amines) is 3. The molecule has 0 spiro atoms. The molecule has 9 heteroatoms. The van der Waals surface area contributed by atoms with Gasteiger partial charge in [-0.3, -0.25) is 24.0 Å². The molecule has 0 unspecified atom stereocenters. The van der Waals surface area contributed by atoms with Crippen LogP contribution in [0.2, 0.25) is 0 Å². The molecule has 3 aliphatic heterocycles. The zero-order valence-corrected chi connectivity index (χ0v) is 26.8. The largest absolute Gasteiger partial charge is 0.259 e. The first kappa shape index (κ1) is 30.0. The van der Waals surface area contributed by atoms with Crippen LogP contribution < -0.4 is 0 Å². The predicted molar refractivity (Wildman–Crippen MR) is 156 cm³/mol. The summed E-state index contributed by atoms with van der Waals surface area (Å²) in [6.07, 6.45) is 7.84. The number of hydrogen-bond acceptors (Lipinski definition) is 4. The van der Waals surface area contributed by atoms with Crippen molar-refractivity contribution in [3.8, 4) is 0 Å². The third kappa shape index (κ3) is 5.59. The van der Waals surface area contributed by atoms with Gasteiger partial charge in [-0.15, -0.1) is 0 Å². The second-order valence-corrected chi connectivity index (χ2v) is 20.5. The second kappa shape index (κ2) is 11.3. The molecule has 0 N–H and O–H groups in total. The van der Waals surface area contributed by atoms with Gasteiger partial charge in [0, 0.05) is 57.7 Å². The fourth-order valence-corrected chi connectivity index (χ4v) is 16.4. The van der Waals surface area contributed by atoms with E-state index in [9.17, 15) is 0 Å². The van der Waals surface area contributed by atoms with Crippen LogP contribution in [0.1, 0.15) is 80.1 Å². The van der Waals surface area contributed by atoms with Crippen LogP contribution in [0.25, 0.3) is 0 Å². The van der Waals surface area contributed by atoms with E-state index in [4.69, 9.17) is 4.52 Å². The fraction of sp³-hybridized carbons (Fsp3) is 1.00. The zero-order valence-electron chi connectivity index (χ0n) is 25.0. The number of hydrogen-bond donors (Lipinski definition) is 0. The van der Waals surface area contributed by atoms with Crippen molar-refractivity contribution in [2.24, 2.45) is 4.52 Å². The van der Waals surface area contributed by atoms with Crippen LogP contribution in [0.15, 0.2) is 4.52 Å². The number of nitrogens with zero attached hydrogens (tertiary/aromatic N) is 7. The lowest BCUT2D eigenvalue weighted by Crippen LogP contribution is -2.75. The highest BCUT2D eigenvalue weighted by molar-refractivity contribution is 7.70. The van der Waals surface area contributed by atoms with Crippen LogP contribution in [0, 0.1) is 0 Å². The van der Waals surface area contributed by atoms with Crippen LogP contribution in [-0.4, -0.2) is 119 Å². The number of rotatable bonds is 8. The highest BCUT2D eigenvalue weighted by Gasteiger charge is 2.58. The predicted octanol–water partition coefficient (Wildman–Crippen LogP) is 5.88. The van der Waals surface area contributed by atoms with E-state index in [0.29, 0.717) is 0 Å². The Labute approximate surface area is 219 Å². The standard InChI is InChI=1S/C26H57N7P2/c1-24(2,3)34(25(4,5)6)27-35(28(7)8,29(9)10)30(11)26(31-18-12-13-19-31,32-20-14-15-21-32)33-22-16-17-23-33/h12-23H2,1-11H3. The lowest BCUT2D eigenvalue weighted by atomic mass is 10.2. The van der Waals surface area contributed by atoms with Crippen molar-refractivity contribution in [3.05, 3.63) is 0 Å². The van der Waals surface area contributed by atoms with Gasteiger partial charge in [0.25, 0.3) is 0 Å². The third-order valence-corrected chi connectivity index (χ3v) is 15.4. The molecule has 0 radical (unpaired) electrons. The molecule has 7 nitrogen and oxygen atoms in total. The van der Waals surface area contributed by atoms with Gasteiger partial charge in [-0.1, -0.05) is 41.5 Å². The third-order valence-electron chi connectivity index (χ3n) is 7.98. The van der Waals surface area contributed by atoms with Crippen LogP contribution in [0.3, 0.4) is 0 Å². The van der Waals surface area contributed by atoms with Gasteiger partial charge in [0.05, 0.1) is 0 Å². The maximum atomic E-state index is 6.10. The van der Waals surface area contributed by atoms with Gasteiger partial charge >= 0.3 is 0 Å². The van der Waals surface area contributed by atoms with Crippen molar-refractivity contribution < 1.29 is 0 Å². The molecule has 0 atom stereocenters. The van der Waals surface area contributed by atoms with Crippen molar-refractivity contribution in [1.29, 1.82) is 0 Å². The molecule has 35 heavy (non-hydrogen) atoms. The average Bonchev–Trinajstić information content (AvgIpc) is 3.51. The molecular weight excluding hydrogens is 472 g/mol. The molecule has 0 bridgehead atoms. The second-order valence-electron chi connectivity index (χ2n) is 13.2. The maximum Gasteiger partial charge on any atom is 0.197 e. The molecule has 0 aromatic heterocycles. The van der Waals surface area contributed by atoms with Crippen LogP contribution in [0.4, 0.5) is 0 Å². The summed E-state index contributed by atoms with van der Waals surface area (Å²) in [5, 5.41) is 0.284. The summed E-state index contributed by atoms with van der Waals surface area (Å²) in [6.45, 7) is 21.5.